The van der Waals surface area contributed by atoms with Crippen molar-refractivity contribution in [1.82, 2.24) is 15.2 Å². The molecular formula is C18H22N4O2S. The SMILES string of the molecule is Cc1[nH]nc(Nc2ccnc3ccc(S(=O)(=O)C(C)(C)C)cc23)c1C. The number of hydrogen-bond donors (Lipinski definition) is 2. The molecule has 2 aromatic heterocycles. The van der Waals surface area contributed by atoms with Gasteiger partial charge < -0.3 is 5.32 Å². The predicted molar refractivity (Wildman–Crippen MR) is 100 cm³/mol. The lowest BCUT2D eigenvalue weighted by molar-refractivity contribution is 0.560. The first-order chi connectivity index (χ1) is 11.6. The van der Waals surface area contributed by atoms with E-state index in [-0.39, 0.29) is 0 Å². The molecule has 0 aliphatic rings. The molecule has 0 aliphatic carbocycles. The van der Waals surface area contributed by atoms with Gasteiger partial charge in [-0.2, -0.15) is 5.10 Å². The van der Waals surface area contributed by atoms with Crippen molar-refractivity contribution < 1.29 is 8.42 Å². The van der Waals surface area contributed by atoms with E-state index < -0.39 is 14.6 Å². The quantitative estimate of drug-likeness (QED) is 0.741. The van der Waals surface area contributed by atoms with Crippen LogP contribution in [0.1, 0.15) is 32.0 Å². The van der Waals surface area contributed by atoms with Crippen molar-refractivity contribution in [3.8, 4) is 0 Å². The lowest BCUT2D eigenvalue weighted by Crippen LogP contribution is -2.27. The largest absolute Gasteiger partial charge is 0.338 e. The molecule has 0 atom stereocenters. The second-order valence-corrected chi connectivity index (χ2v) is 9.80. The number of rotatable bonds is 3. The molecular weight excluding hydrogens is 336 g/mol. The van der Waals surface area contributed by atoms with Crippen LogP contribution in [-0.4, -0.2) is 28.3 Å². The maximum Gasteiger partial charge on any atom is 0.183 e. The van der Waals surface area contributed by atoms with Crippen LogP contribution in [0.5, 0.6) is 0 Å². The number of aromatic nitrogens is 3. The Hall–Kier alpha value is -2.41. The Balaban J connectivity index is 2.15. The Kier molecular flexibility index (Phi) is 4.07. The molecule has 0 spiro atoms. The van der Waals surface area contributed by atoms with E-state index in [9.17, 15) is 8.42 Å². The lowest BCUT2D eigenvalue weighted by Gasteiger charge is -2.19. The zero-order valence-electron chi connectivity index (χ0n) is 15.0. The van der Waals surface area contributed by atoms with Gasteiger partial charge in [-0.15, -0.1) is 0 Å². The number of fused-ring (bicyclic) bond motifs is 1. The second-order valence-electron chi connectivity index (χ2n) is 7.10. The van der Waals surface area contributed by atoms with E-state index in [1.807, 2.05) is 19.9 Å². The van der Waals surface area contributed by atoms with Crippen LogP contribution in [-0.2, 0) is 9.84 Å². The number of aromatic amines is 1. The summed E-state index contributed by atoms with van der Waals surface area (Å²) in [4.78, 5) is 4.62. The Labute approximate surface area is 147 Å². The molecule has 7 heteroatoms. The number of H-pyrrole nitrogens is 1. The van der Waals surface area contributed by atoms with E-state index >= 15 is 0 Å². The Morgan fingerprint density at radius 3 is 2.44 bits per heavy atom. The molecule has 0 fully saturated rings. The highest BCUT2D eigenvalue weighted by Gasteiger charge is 2.31. The minimum atomic E-state index is -3.44. The minimum Gasteiger partial charge on any atom is -0.338 e. The van der Waals surface area contributed by atoms with Crippen molar-refractivity contribution in [3.63, 3.8) is 0 Å². The summed E-state index contributed by atoms with van der Waals surface area (Å²) in [7, 11) is -3.44. The van der Waals surface area contributed by atoms with Crippen molar-refractivity contribution in [3.05, 3.63) is 41.7 Å². The van der Waals surface area contributed by atoms with Crippen LogP contribution in [0.25, 0.3) is 10.9 Å². The summed E-state index contributed by atoms with van der Waals surface area (Å²) in [6.45, 7) is 9.02. The van der Waals surface area contributed by atoms with E-state index in [1.165, 1.54) is 0 Å². The Bertz CT molecular complexity index is 1050. The summed E-state index contributed by atoms with van der Waals surface area (Å²) >= 11 is 0. The molecule has 2 N–H and O–H groups in total. The van der Waals surface area contributed by atoms with Gasteiger partial charge in [0.1, 0.15) is 0 Å². The summed E-state index contributed by atoms with van der Waals surface area (Å²) in [5, 5.41) is 11.2. The number of hydrogen-bond acceptors (Lipinski definition) is 5. The molecule has 0 saturated heterocycles. The molecule has 25 heavy (non-hydrogen) atoms. The smallest absolute Gasteiger partial charge is 0.183 e. The average Bonchev–Trinajstić information content (AvgIpc) is 2.86. The summed E-state index contributed by atoms with van der Waals surface area (Å²) < 4.78 is 24.7. The number of nitrogens with one attached hydrogen (secondary N) is 2. The zero-order valence-corrected chi connectivity index (χ0v) is 15.8. The number of benzene rings is 1. The second kappa shape index (κ2) is 5.84. The molecule has 3 aromatic rings. The molecule has 0 aliphatic heterocycles. The van der Waals surface area contributed by atoms with Crippen LogP contribution in [0.4, 0.5) is 11.5 Å². The summed E-state index contributed by atoms with van der Waals surface area (Å²) in [6.07, 6.45) is 1.69. The van der Waals surface area contributed by atoms with Crippen molar-refractivity contribution in [2.75, 3.05) is 5.32 Å². The van der Waals surface area contributed by atoms with Crippen molar-refractivity contribution in [2.24, 2.45) is 0 Å². The number of sulfone groups is 1. The van der Waals surface area contributed by atoms with Crippen molar-refractivity contribution >= 4 is 32.2 Å². The summed E-state index contributed by atoms with van der Waals surface area (Å²) in [6, 6.07) is 6.85. The molecule has 3 rings (SSSR count). The van der Waals surface area contributed by atoms with Gasteiger partial charge in [-0.3, -0.25) is 10.1 Å². The average molecular weight is 358 g/mol. The number of nitrogens with zero attached hydrogens (tertiary/aromatic N) is 2. The van der Waals surface area contributed by atoms with E-state index in [0.717, 1.165) is 27.8 Å². The fourth-order valence-corrected chi connectivity index (χ4v) is 3.72. The predicted octanol–water partition coefficient (Wildman–Crippen LogP) is 3.89. The third kappa shape index (κ3) is 3.00. The van der Waals surface area contributed by atoms with Crippen molar-refractivity contribution in [1.29, 1.82) is 0 Å². The van der Waals surface area contributed by atoms with E-state index in [2.05, 4.69) is 20.5 Å². The third-order valence-corrected chi connectivity index (χ3v) is 6.82. The normalized spacial score (nSPS) is 12.5. The topological polar surface area (TPSA) is 87.7 Å². The molecule has 132 valence electrons. The van der Waals surface area contributed by atoms with E-state index in [4.69, 9.17) is 0 Å². The maximum atomic E-state index is 12.8. The van der Waals surface area contributed by atoms with Gasteiger partial charge in [0, 0.05) is 22.8 Å². The molecule has 2 heterocycles. The monoisotopic (exact) mass is 358 g/mol. The number of pyridine rings is 1. The minimum absolute atomic E-state index is 0.290. The Morgan fingerprint density at radius 1 is 1.12 bits per heavy atom. The molecule has 1 aromatic carbocycles. The lowest BCUT2D eigenvalue weighted by atomic mass is 10.2. The van der Waals surface area contributed by atoms with Crippen LogP contribution in [0.2, 0.25) is 0 Å². The third-order valence-electron chi connectivity index (χ3n) is 4.34. The van der Waals surface area contributed by atoms with Gasteiger partial charge in [0.25, 0.3) is 0 Å². The van der Waals surface area contributed by atoms with E-state index in [1.54, 1.807) is 45.2 Å². The maximum absolute atomic E-state index is 12.8. The van der Waals surface area contributed by atoms with Crippen molar-refractivity contribution in [2.45, 2.75) is 44.3 Å². The summed E-state index contributed by atoms with van der Waals surface area (Å²) in [5.74, 6) is 0.717. The van der Waals surface area contributed by atoms with Gasteiger partial charge in [0.2, 0.25) is 0 Å². The molecule has 0 unspecified atom stereocenters. The number of aryl methyl sites for hydroxylation is 1. The highest BCUT2D eigenvalue weighted by molar-refractivity contribution is 7.92. The van der Waals surface area contributed by atoms with Gasteiger partial charge in [-0.1, -0.05) is 0 Å². The number of anilines is 2. The van der Waals surface area contributed by atoms with Crippen LogP contribution in [0, 0.1) is 13.8 Å². The first-order valence-corrected chi connectivity index (χ1v) is 9.51. The van der Waals surface area contributed by atoms with Gasteiger partial charge in [0.15, 0.2) is 15.7 Å². The fraction of sp³-hybridized carbons (Fsp3) is 0.333. The first-order valence-electron chi connectivity index (χ1n) is 8.03. The zero-order chi connectivity index (χ0) is 18.4. The van der Waals surface area contributed by atoms with Crippen LogP contribution >= 0.6 is 0 Å². The molecule has 6 nitrogen and oxygen atoms in total. The van der Waals surface area contributed by atoms with Gasteiger partial charge in [-0.25, -0.2) is 8.42 Å². The van der Waals surface area contributed by atoms with E-state index in [0.29, 0.717) is 10.7 Å². The molecule has 0 bridgehead atoms. The van der Waals surface area contributed by atoms with Gasteiger partial charge in [0.05, 0.1) is 20.8 Å². The van der Waals surface area contributed by atoms with Gasteiger partial charge in [-0.05, 0) is 58.9 Å². The highest BCUT2D eigenvalue weighted by Crippen LogP contribution is 2.31. The molecule has 0 radical (unpaired) electrons. The van der Waals surface area contributed by atoms with Crippen LogP contribution in [0.15, 0.2) is 35.4 Å². The highest BCUT2D eigenvalue weighted by atomic mass is 32.2. The summed E-state index contributed by atoms with van der Waals surface area (Å²) in [5.41, 5.74) is 3.49. The first kappa shape index (κ1) is 17.4. The Morgan fingerprint density at radius 2 is 1.84 bits per heavy atom. The molecule has 0 saturated carbocycles. The fourth-order valence-electron chi connectivity index (χ4n) is 2.49. The van der Waals surface area contributed by atoms with Gasteiger partial charge >= 0.3 is 0 Å². The van der Waals surface area contributed by atoms with Crippen LogP contribution in [0.3, 0.4) is 0 Å². The van der Waals surface area contributed by atoms with Crippen LogP contribution < -0.4 is 5.32 Å². The molecule has 0 amide bonds. The standard InChI is InChI=1S/C18H22N4O2S/c1-11-12(2)21-22-17(11)20-16-8-9-19-15-7-6-13(10-14(15)16)25(23,24)18(3,4)5/h6-10H,1-5H3,(H2,19,20,21,22).